The summed E-state index contributed by atoms with van der Waals surface area (Å²) in [6, 6.07) is 1.84. The average Bonchev–Trinajstić information content (AvgIpc) is 3.12. The summed E-state index contributed by atoms with van der Waals surface area (Å²) >= 11 is 6.11. The highest BCUT2D eigenvalue weighted by atomic mass is 35.5. The van der Waals surface area contributed by atoms with Crippen LogP contribution in [0.1, 0.15) is 62.3 Å². The molecule has 1 saturated carbocycles. The minimum atomic E-state index is -0.441. The number of halogens is 2. The predicted octanol–water partition coefficient (Wildman–Crippen LogP) is 4.95. The fourth-order valence-corrected chi connectivity index (χ4v) is 4.55. The van der Waals surface area contributed by atoms with E-state index in [9.17, 15) is 9.18 Å². The molecule has 2 aromatic rings. The molecule has 2 aromatic heterocycles. The van der Waals surface area contributed by atoms with Crippen LogP contribution in [0.5, 0.6) is 0 Å². The lowest BCUT2D eigenvalue weighted by Crippen LogP contribution is -2.32. The maximum Gasteiger partial charge on any atom is 0.309 e. The van der Waals surface area contributed by atoms with Gasteiger partial charge < -0.3 is 4.74 Å². The molecule has 0 N–H and O–H groups in total. The van der Waals surface area contributed by atoms with Crippen LogP contribution < -0.4 is 0 Å². The molecule has 0 amide bonds. The Hall–Kier alpha value is -2.34. The van der Waals surface area contributed by atoms with Crippen molar-refractivity contribution in [3.63, 3.8) is 0 Å². The van der Waals surface area contributed by atoms with Crippen molar-refractivity contribution in [1.29, 1.82) is 0 Å². The van der Waals surface area contributed by atoms with Crippen molar-refractivity contribution in [1.82, 2.24) is 15.0 Å². The zero-order valence-electron chi connectivity index (χ0n) is 17.2. The third-order valence-corrected chi connectivity index (χ3v) is 6.01. The molecule has 30 heavy (non-hydrogen) atoms. The number of hydrogen-bond donors (Lipinski definition) is 0. The van der Waals surface area contributed by atoms with E-state index in [1.54, 1.807) is 6.20 Å². The summed E-state index contributed by atoms with van der Waals surface area (Å²) in [5, 5.41) is 0.539. The van der Waals surface area contributed by atoms with Gasteiger partial charge in [-0.05, 0) is 45.1 Å². The number of ether oxygens (including phenoxy) is 1. The summed E-state index contributed by atoms with van der Waals surface area (Å²) < 4.78 is 20.1. The summed E-state index contributed by atoms with van der Waals surface area (Å²) in [5.74, 6) is -0.358. The first-order valence-corrected chi connectivity index (χ1v) is 10.9. The van der Waals surface area contributed by atoms with E-state index in [1.165, 1.54) is 6.20 Å². The molecular weight excluding hydrogens is 405 g/mol. The smallest absolute Gasteiger partial charge is 0.309 e. The number of allylic oxidation sites excluding steroid dienone is 1. The SMILES string of the molecule is CC(C)OC(=O)[C@H]1CCCCC1Cc1nc(C2=CCc3ncc(Cl)cc32)ncc1F. The number of esters is 1. The fourth-order valence-electron chi connectivity index (χ4n) is 4.39. The fraction of sp³-hybridized carbons (Fsp3) is 0.478. The lowest BCUT2D eigenvalue weighted by atomic mass is 9.77. The van der Waals surface area contributed by atoms with Gasteiger partial charge >= 0.3 is 5.97 Å². The van der Waals surface area contributed by atoms with Gasteiger partial charge in [-0.25, -0.2) is 14.4 Å². The topological polar surface area (TPSA) is 65.0 Å². The number of nitrogens with zero attached hydrogens (tertiary/aromatic N) is 3. The number of fused-ring (bicyclic) bond motifs is 1. The molecule has 0 saturated heterocycles. The van der Waals surface area contributed by atoms with Gasteiger partial charge in [0.1, 0.15) is 0 Å². The van der Waals surface area contributed by atoms with Gasteiger partial charge in [-0.1, -0.05) is 30.5 Å². The average molecular weight is 430 g/mol. The van der Waals surface area contributed by atoms with Gasteiger partial charge in [0.2, 0.25) is 0 Å². The molecule has 0 spiro atoms. The Morgan fingerprint density at radius 2 is 2.07 bits per heavy atom. The van der Waals surface area contributed by atoms with Gasteiger partial charge in [-0.15, -0.1) is 0 Å². The van der Waals surface area contributed by atoms with Crippen molar-refractivity contribution >= 4 is 23.1 Å². The largest absolute Gasteiger partial charge is 0.463 e. The summed E-state index contributed by atoms with van der Waals surface area (Å²) in [5.41, 5.74) is 2.96. The van der Waals surface area contributed by atoms with Crippen LogP contribution in [0, 0.1) is 17.7 Å². The van der Waals surface area contributed by atoms with Gasteiger partial charge in [0, 0.05) is 23.8 Å². The molecule has 4 rings (SSSR count). The quantitative estimate of drug-likeness (QED) is 0.629. The molecule has 0 bridgehead atoms. The van der Waals surface area contributed by atoms with Crippen LogP contribution in [0.2, 0.25) is 5.02 Å². The monoisotopic (exact) mass is 429 g/mol. The number of rotatable bonds is 5. The highest BCUT2D eigenvalue weighted by Crippen LogP contribution is 2.35. The van der Waals surface area contributed by atoms with Crippen molar-refractivity contribution in [2.75, 3.05) is 0 Å². The second-order valence-corrected chi connectivity index (χ2v) is 8.74. The van der Waals surface area contributed by atoms with E-state index in [2.05, 4.69) is 15.0 Å². The molecule has 0 aliphatic heterocycles. The Bertz CT molecular complexity index is 992. The van der Waals surface area contributed by atoms with E-state index in [-0.39, 0.29) is 23.9 Å². The molecule has 1 fully saturated rings. The molecule has 2 aliphatic carbocycles. The third-order valence-electron chi connectivity index (χ3n) is 5.80. The molecule has 1 unspecified atom stereocenters. The van der Waals surface area contributed by atoms with Crippen molar-refractivity contribution in [3.8, 4) is 0 Å². The first-order valence-electron chi connectivity index (χ1n) is 10.5. The van der Waals surface area contributed by atoms with Crippen LogP contribution in [0.4, 0.5) is 4.39 Å². The Kier molecular flexibility index (Phi) is 6.14. The van der Waals surface area contributed by atoms with Gasteiger partial charge in [-0.3, -0.25) is 9.78 Å². The molecular formula is C23H25ClFN3O2. The van der Waals surface area contributed by atoms with Gasteiger partial charge in [-0.2, -0.15) is 0 Å². The van der Waals surface area contributed by atoms with E-state index < -0.39 is 5.82 Å². The number of carbonyl (C=O) groups excluding carboxylic acids is 1. The first kappa shape index (κ1) is 20.9. The molecule has 5 nitrogen and oxygen atoms in total. The van der Waals surface area contributed by atoms with Gasteiger partial charge in [0.05, 0.1) is 34.6 Å². The van der Waals surface area contributed by atoms with Crippen LogP contribution in [0.3, 0.4) is 0 Å². The number of carbonyl (C=O) groups is 1. The molecule has 2 heterocycles. The zero-order chi connectivity index (χ0) is 21.3. The van der Waals surface area contributed by atoms with E-state index in [0.29, 0.717) is 29.4 Å². The third kappa shape index (κ3) is 4.38. The Morgan fingerprint density at radius 1 is 1.27 bits per heavy atom. The summed E-state index contributed by atoms with van der Waals surface area (Å²) in [7, 11) is 0. The van der Waals surface area contributed by atoms with E-state index >= 15 is 0 Å². The van der Waals surface area contributed by atoms with Crippen LogP contribution in [0.15, 0.2) is 24.5 Å². The molecule has 2 aliphatic rings. The van der Waals surface area contributed by atoms with E-state index in [0.717, 1.165) is 42.5 Å². The summed E-state index contributed by atoms with van der Waals surface area (Å²) in [6.07, 6.45) is 9.40. The molecule has 2 atom stereocenters. The lowest BCUT2D eigenvalue weighted by molar-refractivity contribution is -0.155. The highest BCUT2D eigenvalue weighted by Gasteiger charge is 2.33. The number of aromatic nitrogens is 3. The summed E-state index contributed by atoms with van der Waals surface area (Å²) in [4.78, 5) is 25.7. The van der Waals surface area contributed by atoms with Crippen LogP contribution >= 0.6 is 11.6 Å². The summed E-state index contributed by atoms with van der Waals surface area (Å²) in [6.45, 7) is 3.70. The Balaban J connectivity index is 1.59. The predicted molar refractivity (Wildman–Crippen MR) is 112 cm³/mol. The minimum Gasteiger partial charge on any atom is -0.463 e. The number of hydrogen-bond acceptors (Lipinski definition) is 5. The van der Waals surface area contributed by atoms with Gasteiger partial charge in [0.15, 0.2) is 11.6 Å². The van der Waals surface area contributed by atoms with Crippen molar-refractivity contribution in [3.05, 3.63) is 58.2 Å². The maximum absolute atomic E-state index is 14.6. The Labute approximate surface area is 180 Å². The van der Waals surface area contributed by atoms with Crippen LogP contribution in [0.25, 0.3) is 5.57 Å². The second kappa shape index (κ2) is 8.80. The first-order chi connectivity index (χ1) is 14.4. The van der Waals surface area contributed by atoms with Gasteiger partial charge in [0.25, 0.3) is 0 Å². The van der Waals surface area contributed by atoms with E-state index in [1.807, 2.05) is 26.0 Å². The zero-order valence-corrected chi connectivity index (χ0v) is 18.0. The second-order valence-electron chi connectivity index (χ2n) is 8.30. The highest BCUT2D eigenvalue weighted by molar-refractivity contribution is 6.30. The van der Waals surface area contributed by atoms with Crippen molar-refractivity contribution < 1.29 is 13.9 Å². The number of pyridine rings is 1. The Morgan fingerprint density at radius 3 is 2.87 bits per heavy atom. The normalized spacial score (nSPS) is 20.8. The molecule has 0 aromatic carbocycles. The maximum atomic E-state index is 14.6. The van der Waals surface area contributed by atoms with Crippen LogP contribution in [-0.2, 0) is 22.4 Å². The lowest BCUT2D eigenvalue weighted by Gasteiger charge is -2.30. The molecule has 0 radical (unpaired) electrons. The van der Waals surface area contributed by atoms with Crippen molar-refractivity contribution in [2.24, 2.45) is 11.8 Å². The van der Waals surface area contributed by atoms with Crippen molar-refractivity contribution in [2.45, 2.75) is 58.5 Å². The van der Waals surface area contributed by atoms with Crippen LogP contribution in [-0.4, -0.2) is 27.0 Å². The van der Waals surface area contributed by atoms with E-state index in [4.69, 9.17) is 16.3 Å². The standard InChI is InChI=1S/C23H25ClFN3O2/c1-13(2)30-23(29)16-6-4-3-5-14(16)9-21-19(25)12-27-22(28-21)17-7-8-20-18(17)10-15(24)11-26-20/h7,10-14,16H,3-6,8-9H2,1-2H3/t14?,16-/m0/s1. The molecule has 158 valence electrons. The minimum absolute atomic E-state index is 0.0169. The molecule has 7 heteroatoms.